The lowest BCUT2D eigenvalue weighted by Crippen LogP contribution is -2.38. The summed E-state index contributed by atoms with van der Waals surface area (Å²) < 4.78 is 10.6. The molecule has 2 heterocycles. The zero-order chi connectivity index (χ0) is 16.9. The monoisotopic (exact) mass is 346 g/mol. The average molecular weight is 347 g/mol. The minimum absolute atomic E-state index is 0.126. The number of carbonyl (C=O) groups is 2. The molecular formula is C17H15ClN2O4. The molecule has 3 rings (SSSR count). The molecule has 2 N–H and O–H groups in total. The molecule has 0 fully saturated rings. The van der Waals surface area contributed by atoms with Gasteiger partial charge in [0.05, 0.1) is 24.9 Å². The van der Waals surface area contributed by atoms with E-state index >= 15 is 0 Å². The van der Waals surface area contributed by atoms with E-state index < -0.39 is 0 Å². The number of hydrogen-bond acceptors (Lipinski definition) is 4. The van der Waals surface area contributed by atoms with Gasteiger partial charge in [-0.2, -0.15) is 0 Å². The van der Waals surface area contributed by atoms with Crippen LogP contribution in [0.25, 0.3) is 6.08 Å². The number of fused-ring (bicyclic) bond motifs is 1. The number of ether oxygens (including phenoxy) is 1. The number of benzene rings is 1. The molecule has 0 radical (unpaired) electrons. The molecule has 6 nitrogen and oxygen atoms in total. The lowest BCUT2D eigenvalue weighted by Gasteiger charge is -2.17. The lowest BCUT2D eigenvalue weighted by molar-refractivity contribution is -0.124. The average Bonchev–Trinajstić information content (AvgIpc) is 3.10. The van der Waals surface area contributed by atoms with E-state index in [4.69, 9.17) is 20.8 Å². The van der Waals surface area contributed by atoms with Crippen LogP contribution in [0.4, 0.5) is 0 Å². The van der Waals surface area contributed by atoms with Crippen LogP contribution in [0.5, 0.6) is 5.75 Å². The second-order valence-electron chi connectivity index (χ2n) is 5.18. The maximum atomic E-state index is 12.1. The number of nitrogens with one attached hydrogen (secondary N) is 2. The molecule has 0 atom stereocenters. The van der Waals surface area contributed by atoms with E-state index in [1.807, 2.05) is 0 Å². The molecule has 0 saturated heterocycles. The van der Waals surface area contributed by atoms with Crippen LogP contribution in [-0.2, 0) is 16.1 Å². The highest BCUT2D eigenvalue weighted by molar-refractivity contribution is 6.30. The van der Waals surface area contributed by atoms with Crippen LogP contribution in [0.2, 0.25) is 5.02 Å². The van der Waals surface area contributed by atoms with Gasteiger partial charge in [-0.25, -0.2) is 0 Å². The molecule has 24 heavy (non-hydrogen) atoms. The fourth-order valence-electron chi connectivity index (χ4n) is 2.21. The molecule has 2 amide bonds. The Labute approximate surface area is 143 Å². The zero-order valence-corrected chi connectivity index (χ0v) is 13.4. The number of amides is 2. The summed E-state index contributed by atoms with van der Waals surface area (Å²) in [5, 5.41) is 5.78. The van der Waals surface area contributed by atoms with E-state index in [0.717, 1.165) is 5.56 Å². The van der Waals surface area contributed by atoms with Crippen molar-refractivity contribution >= 4 is 29.5 Å². The summed E-state index contributed by atoms with van der Waals surface area (Å²) in [4.78, 5) is 23.9. The highest BCUT2D eigenvalue weighted by Gasteiger charge is 2.18. The van der Waals surface area contributed by atoms with Gasteiger partial charge in [0.2, 0.25) is 5.91 Å². The van der Waals surface area contributed by atoms with Gasteiger partial charge < -0.3 is 19.8 Å². The molecule has 0 unspecified atom stereocenters. The fourth-order valence-corrected chi connectivity index (χ4v) is 2.40. The second kappa shape index (κ2) is 7.23. The quantitative estimate of drug-likeness (QED) is 0.869. The Morgan fingerprint density at radius 1 is 1.21 bits per heavy atom. The smallest absolute Gasteiger partial charge is 0.251 e. The molecule has 0 bridgehead atoms. The molecule has 124 valence electrons. The SMILES string of the molecule is O=C(CNC(=O)C1=Cc2cc(Cl)ccc2OC1)NCc1ccco1. The summed E-state index contributed by atoms with van der Waals surface area (Å²) in [5.74, 6) is 0.660. The Balaban J connectivity index is 1.52. The van der Waals surface area contributed by atoms with Crippen LogP contribution in [0.3, 0.4) is 0 Å². The summed E-state index contributed by atoms with van der Waals surface area (Å²) >= 11 is 5.94. The van der Waals surface area contributed by atoms with Crippen molar-refractivity contribution in [2.24, 2.45) is 0 Å². The van der Waals surface area contributed by atoms with Gasteiger partial charge in [-0.1, -0.05) is 11.6 Å². The fraction of sp³-hybridized carbons (Fsp3) is 0.176. The largest absolute Gasteiger partial charge is 0.488 e. The molecule has 1 aromatic heterocycles. The third kappa shape index (κ3) is 3.97. The Bertz CT molecular complexity index is 784. The van der Waals surface area contributed by atoms with E-state index in [9.17, 15) is 9.59 Å². The Morgan fingerprint density at radius 3 is 2.88 bits per heavy atom. The number of hydrogen-bond donors (Lipinski definition) is 2. The van der Waals surface area contributed by atoms with Crippen molar-refractivity contribution in [3.63, 3.8) is 0 Å². The van der Waals surface area contributed by atoms with Crippen molar-refractivity contribution in [2.45, 2.75) is 6.54 Å². The van der Waals surface area contributed by atoms with E-state index in [2.05, 4.69) is 10.6 Å². The minimum Gasteiger partial charge on any atom is -0.488 e. The van der Waals surface area contributed by atoms with Gasteiger partial charge in [-0.3, -0.25) is 9.59 Å². The highest BCUT2D eigenvalue weighted by Crippen LogP contribution is 2.28. The molecule has 0 aliphatic carbocycles. The first-order chi connectivity index (χ1) is 11.6. The van der Waals surface area contributed by atoms with Gasteiger partial charge in [0.1, 0.15) is 18.1 Å². The number of halogens is 1. The molecule has 1 aliphatic heterocycles. The molecule has 2 aromatic rings. The van der Waals surface area contributed by atoms with Gasteiger partial charge in [0.25, 0.3) is 5.91 Å². The van der Waals surface area contributed by atoms with Gasteiger partial charge in [0.15, 0.2) is 0 Å². The first-order valence-electron chi connectivity index (χ1n) is 7.32. The summed E-state index contributed by atoms with van der Waals surface area (Å²) in [5.41, 5.74) is 1.17. The topological polar surface area (TPSA) is 80.6 Å². The third-order valence-corrected chi connectivity index (χ3v) is 3.66. The molecule has 7 heteroatoms. The van der Waals surface area contributed by atoms with E-state index in [-0.39, 0.29) is 31.5 Å². The minimum atomic E-state index is -0.353. The van der Waals surface area contributed by atoms with Crippen molar-refractivity contribution in [3.8, 4) is 5.75 Å². The van der Waals surface area contributed by atoms with E-state index in [0.29, 0.717) is 22.1 Å². The van der Waals surface area contributed by atoms with Crippen LogP contribution in [0, 0.1) is 0 Å². The maximum Gasteiger partial charge on any atom is 0.251 e. The van der Waals surface area contributed by atoms with Crippen LogP contribution >= 0.6 is 11.6 Å². The molecule has 0 saturated carbocycles. The van der Waals surface area contributed by atoms with Crippen molar-refractivity contribution in [1.29, 1.82) is 0 Å². The number of rotatable bonds is 5. The molecule has 1 aliphatic rings. The van der Waals surface area contributed by atoms with Crippen molar-refractivity contribution in [3.05, 3.63) is 58.5 Å². The van der Waals surface area contributed by atoms with E-state index in [1.165, 1.54) is 6.26 Å². The van der Waals surface area contributed by atoms with Gasteiger partial charge >= 0.3 is 0 Å². The molecular weight excluding hydrogens is 332 g/mol. The maximum absolute atomic E-state index is 12.1. The zero-order valence-electron chi connectivity index (χ0n) is 12.7. The van der Waals surface area contributed by atoms with Crippen molar-refractivity contribution in [2.75, 3.05) is 13.2 Å². The van der Waals surface area contributed by atoms with Crippen molar-refractivity contribution < 1.29 is 18.7 Å². The van der Waals surface area contributed by atoms with Gasteiger partial charge in [0, 0.05) is 10.6 Å². The van der Waals surface area contributed by atoms with Crippen LogP contribution in [0.1, 0.15) is 11.3 Å². The lowest BCUT2D eigenvalue weighted by atomic mass is 10.1. The summed E-state index contributed by atoms with van der Waals surface area (Å²) in [6.45, 7) is 0.299. The van der Waals surface area contributed by atoms with E-state index in [1.54, 1.807) is 36.4 Å². The normalized spacial score (nSPS) is 12.6. The first-order valence-corrected chi connectivity index (χ1v) is 7.70. The van der Waals surface area contributed by atoms with Crippen LogP contribution < -0.4 is 15.4 Å². The highest BCUT2D eigenvalue weighted by atomic mass is 35.5. The predicted octanol–water partition coefficient (Wildman–Crippen LogP) is 2.14. The molecule has 1 aromatic carbocycles. The first kappa shape index (κ1) is 16.1. The summed E-state index contributed by atoms with van der Waals surface area (Å²) in [6.07, 6.45) is 3.24. The second-order valence-corrected chi connectivity index (χ2v) is 5.62. The Morgan fingerprint density at radius 2 is 2.08 bits per heavy atom. The predicted molar refractivity (Wildman–Crippen MR) is 88.5 cm³/mol. The van der Waals surface area contributed by atoms with Crippen LogP contribution in [0.15, 0.2) is 46.6 Å². The Hall–Kier alpha value is -2.73. The summed E-state index contributed by atoms with van der Waals surface area (Å²) in [7, 11) is 0. The van der Waals surface area contributed by atoms with Gasteiger partial charge in [-0.15, -0.1) is 0 Å². The van der Waals surface area contributed by atoms with Gasteiger partial charge in [-0.05, 0) is 36.4 Å². The number of carbonyl (C=O) groups excluding carboxylic acids is 2. The third-order valence-electron chi connectivity index (χ3n) is 3.43. The van der Waals surface area contributed by atoms with Crippen LogP contribution in [-0.4, -0.2) is 25.0 Å². The van der Waals surface area contributed by atoms with Crippen molar-refractivity contribution in [1.82, 2.24) is 10.6 Å². The Kier molecular flexibility index (Phi) is 4.86. The number of furan rings is 1. The summed E-state index contributed by atoms with van der Waals surface area (Å²) in [6, 6.07) is 8.70. The standard InChI is InChI=1S/C17H15ClN2O4/c18-13-3-4-15-11(7-13)6-12(10-24-15)17(22)20-9-16(21)19-8-14-2-1-5-23-14/h1-7H,8-10H2,(H,19,21)(H,20,22). The molecule has 0 spiro atoms.